The summed E-state index contributed by atoms with van der Waals surface area (Å²) in [5.41, 5.74) is 4.78. The molecule has 0 bridgehead atoms. The van der Waals surface area contributed by atoms with Crippen LogP contribution in [-0.2, 0) is 19.5 Å². The highest BCUT2D eigenvalue weighted by molar-refractivity contribution is 9.10. The molecule has 0 saturated carbocycles. The van der Waals surface area contributed by atoms with Gasteiger partial charge in [0.1, 0.15) is 10.5 Å². The zero-order chi connectivity index (χ0) is 17.2. The summed E-state index contributed by atoms with van der Waals surface area (Å²) in [5.74, 6) is 0.854. The van der Waals surface area contributed by atoms with Crippen LogP contribution in [0.25, 0.3) is 11.4 Å². The summed E-state index contributed by atoms with van der Waals surface area (Å²) >= 11 is 9.07. The Morgan fingerprint density at radius 1 is 1.08 bits per heavy atom. The van der Waals surface area contributed by atoms with Crippen molar-refractivity contribution in [2.24, 2.45) is 0 Å². The molecule has 2 heterocycles. The van der Waals surface area contributed by atoms with Crippen LogP contribution in [0.5, 0.6) is 0 Å². The topological polar surface area (TPSA) is 31.9 Å². The van der Waals surface area contributed by atoms with Crippen LogP contribution in [0.2, 0.25) is 0 Å². The monoisotopic (exact) mass is 411 g/mol. The lowest BCUT2D eigenvalue weighted by molar-refractivity contribution is 0.242. The van der Waals surface area contributed by atoms with E-state index in [2.05, 4.69) is 73.3 Å². The molecule has 1 aliphatic rings. The van der Waals surface area contributed by atoms with Gasteiger partial charge in [0.2, 0.25) is 0 Å². The van der Waals surface area contributed by atoms with E-state index >= 15 is 0 Å². The van der Waals surface area contributed by atoms with Crippen LogP contribution in [0.1, 0.15) is 16.8 Å². The second kappa shape index (κ2) is 7.20. The molecule has 1 aliphatic heterocycles. The normalized spacial score (nSPS) is 14.3. The lowest BCUT2D eigenvalue weighted by atomic mass is 10.1. The van der Waals surface area contributed by atoms with E-state index in [0.717, 1.165) is 47.5 Å². The average Bonchev–Trinajstić information content (AvgIpc) is 2.63. The van der Waals surface area contributed by atoms with Crippen LogP contribution in [-0.4, -0.2) is 21.4 Å². The fourth-order valence-electron chi connectivity index (χ4n) is 3.21. The van der Waals surface area contributed by atoms with Gasteiger partial charge in [-0.1, -0.05) is 70.6 Å². The SMILES string of the molecule is S=c1nc(-c2ccc(Br)cc2)[nH]c2c1CN(Cc1ccccc1)CC2. The van der Waals surface area contributed by atoms with Gasteiger partial charge in [0, 0.05) is 47.3 Å². The Labute approximate surface area is 160 Å². The van der Waals surface area contributed by atoms with E-state index < -0.39 is 0 Å². The molecule has 0 fully saturated rings. The van der Waals surface area contributed by atoms with Crippen molar-refractivity contribution in [1.29, 1.82) is 0 Å². The molecule has 2 aromatic carbocycles. The zero-order valence-corrected chi connectivity index (χ0v) is 16.1. The molecular formula is C20H18BrN3S. The maximum Gasteiger partial charge on any atom is 0.139 e. The van der Waals surface area contributed by atoms with Crippen LogP contribution in [0.4, 0.5) is 0 Å². The van der Waals surface area contributed by atoms with Crippen LogP contribution < -0.4 is 0 Å². The number of aromatic nitrogens is 2. The smallest absolute Gasteiger partial charge is 0.139 e. The number of nitrogens with zero attached hydrogens (tertiary/aromatic N) is 2. The van der Waals surface area contributed by atoms with E-state index in [9.17, 15) is 0 Å². The fraction of sp³-hybridized carbons (Fsp3) is 0.200. The number of aromatic amines is 1. The third-order valence-electron chi connectivity index (χ3n) is 4.53. The summed E-state index contributed by atoms with van der Waals surface area (Å²) in [7, 11) is 0. The van der Waals surface area contributed by atoms with Gasteiger partial charge in [-0.15, -0.1) is 0 Å². The van der Waals surface area contributed by atoms with E-state index in [0.29, 0.717) is 4.64 Å². The second-order valence-electron chi connectivity index (χ2n) is 6.30. The fourth-order valence-corrected chi connectivity index (χ4v) is 3.76. The van der Waals surface area contributed by atoms with E-state index in [1.807, 2.05) is 12.1 Å². The second-order valence-corrected chi connectivity index (χ2v) is 7.60. The minimum Gasteiger partial charge on any atom is -0.343 e. The molecule has 3 aromatic rings. The zero-order valence-electron chi connectivity index (χ0n) is 13.7. The highest BCUT2D eigenvalue weighted by Gasteiger charge is 2.19. The summed E-state index contributed by atoms with van der Waals surface area (Å²) in [6, 6.07) is 18.7. The van der Waals surface area contributed by atoms with E-state index in [1.54, 1.807) is 0 Å². The molecule has 0 atom stereocenters. The Hall–Kier alpha value is -1.82. The lowest BCUT2D eigenvalue weighted by Crippen LogP contribution is -2.31. The molecule has 3 nitrogen and oxygen atoms in total. The summed E-state index contributed by atoms with van der Waals surface area (Å²) in [4.78, 5) is 10.6. The molecule has 126 valence electrons. The molecule has 0 amide bonds. The van der Waals surface area contributed by atoms with Gasteiger partial charge in [-0.2, -0.15) is 0 Å². The van der Waals surface area contributed by atoms with Crippen molar-refractivity contribution in [3.63, 3.8) is 0 Å². The Bertz CT molecular complexity index is 935. The Kier molecular flexibility index (Phi) is 4.79. The molecule has 4 rings (SSSR count). The third-order valence-corrected chi connectivity index (χ3v) is 5.40. The van der Waals surface area contributed by atoms with E-state index in [-0.39, 0.29) is 0 Å². The van der Waals surface area contributed by atoms with E-state index in [1.165, 1.54) is 11.3 Å². The van der Waals surface area contributed by atoms with Crippen molar-refractivity contribution in [2.45, 2.75) is 19.5 Å². The van der Waals surface area contributed by atoms with Crippen LogP contribution in [0, 0.1) is 4.64 Å². The molecular weight excluding hydrogens is 394 g/mol. The number of nitrogens with one attached hydrogen (secondary N) is 1. The molecule has 0 saturated heterocycles. The number of H-pyrrole nitrogens is 1. The van der Waals surface area contributed by atoms with Crippen molar-refractivity contribution in [3.05, 3.63) is 80.5 Å². The van der Waals surface area contributed by atoms with Gasteiger partial charge in [0.25, 0.3) is 0 Å². The van der Waals surface area contributed by atoms with Gasteiger partial charge >= 0.3 is 0 Å². The van der Waals surface area contributed by atoms with Crippen molar-refractivity contribution < 1.29 is 0 Å². The highest BCUT2D eigenvalue weighted by atomic mass is 79.9. The Balaban J connectivity index is 1.59. The van der Waals surface area contributed by atoms with Crippen molar-refractivity contribution in [1.82, 2.24) is 14.9 Å². The number of hydrogen-bond donors (Lipinski definition) is 1. The summed E-state index contributed by atoms with van der Waals surface area (Å²) in [6.07, 6.45) is 0.970. The summed E-state index contributed by atoms with van der Waals surface area (Å²) in [6.45, 7) is 2.83. The van der Waals surface area contributed by atoms with Crippen molar-refractivity contribution in [3.8, 4) is 11.4 Å². The maximum absolute atomic E-state index is 5.60. The first kappa shape index (κ1) is 16.6. The number of benzene rings is 2. The minimum absolute atomic E-state index is 0.712. The summed E-state index contributed by atoms with van der Waals surface area (Å²) < 4.78 is 1.77. The van der Waals surface area contributed by atoms with Gasteiger partial charge in [0.15, 0.2) is 0 Å². The number of hydrogen-bond acceptors (Lipinski definition) is 3. The van der Waals surface area contributed by atoms with Gasteiger partial charge < -0.3 is 4.98 Å². The standard InChI is InChI=1S/C20H18BrN3S/c21-16-8-6-15(7-9-16)19-22-18-10-11-24(13-17(18)20(25)23-19)12-14-4-2-1-3-5-14/h1-9H,10-13H2,(H,22,23,25). The van der Waals surface area contributed by atoms with Crippen molar-refractivity contribution >= 4 is 28.1 Å². The molecule has 1 N–H and O–H groups in total. The molecule has 0 aliphatic carbocycles. The van der Waals surface area contributed by atoms with Crippen LogP contribution in [0.15, 0.2) is 59.1 Å². The van der Waals surface area contributed by atoms with Gasteiger partial charge in [0.05, 0.1) is 0 Å². The Morgan fingerprint density at radius 2 is 1.84 bits per heavy atom. The van der Waals surface area contributed by atoms with Gasteiger partial charge in [-0.25, -0.2) is 4.98 Å². The molecule has 0 unspecified atom stereocenters. The third kappa shape index (κ3) is 3.73. The number of rotatable bonds is 3. The molecule has 0 radical (unpaired) electrons. The molecule has 5 heteroatoms. The largest absolute Gasteiger partial charge is 0.343 e. The Morgan fingerprint density at radius 3 is 2.60 bits per heavy atom. The molecule has 0 spiro atoms. The first-order valence-electron chi connectivity index (χ1n) is 8.33. The van der Waals surface area contributed by atoms with Crippen LogP contribution >= 0.6 is 28.1 Å². The maximum atomic E-state index is 5.60. The number of fused-ring (bicyclic) bond motifs is 1. The average molecular weight is 412 g/mol. The predicted octanol–water partition coefficient (Wildman–Crippen LogP) is 5.13. The minimum atomic E-state index is 0.712. The first-order chi connectivity index (χ1) is 12.2. The number of halogens is 1. The van der Waals surface area contributed by atoms with E-state index in [4.69, 9.17) is 12.2 Å². The first-order valence-corrected chi connectivity index (χ1v) is 9.53. The highest BCUT2D eigenvalue weighted by Crippen LogP contribution is 2.24. The predicted molar refractivity (Wildman–Crippen MR) is 107 cm³/mol. The lowest BCUT2D eigenvalue weighted by Gasteiger charge is -2.28. The summed E-state index contributed by atoms with van der Waals surface area (Å²) in [5, 5.41) is 0. The molecule has 1 aromatic heterocycles. The van der Waals surface area contributed by atoms with Crippen molar-refractivity contribution in [2.75, 3.05) is 6.54 Å². The molecule has 25 heavy (non-hydrogen) atoms. The van der Waals surface area contributed by atoms with Gasteiger partial charge in [-0.05, 0) is 17.7 Å². The van der Waals surface area contributed by atoms with Gasteiger partial charge in [-0.3, -0.25) is 4.90 Å². The van der Waals surface area contributed by atoms with Crippen LogP contribution in [0.3, 0.4) is 0 Å². The quantitative estimate of drug-likeness (QED) is 0.606.